The number of fused-ring (bicyclic) bond motifs is 4. The summed E-state index contributed by atoms with van der Waals surface area (Å²) in [5, 5.41) is 12.8. The average molecular weight is 494 g/mol. The first-order valence-corrected chi connectivity index (χ1v) is 11.9. The minimum atomic E-state index is -0.167. The number of anilines is 3. The minimum Gasteiger partial charge on any atom is -0.383 e. The highest BCUT2D eigenvalue weighted by molar-refractivity contribution is 5.95. The van der Waals surface area contributed by atoms with Gasteiger partial charge in [-0.1, -0.05) is 0 Å². The zero-order valence-corrected chi connectivity index (χ0v) is 20.2. The molecule has 6 aromatic heterocycles. The van der Waals surface area contributed by atoms with E-state index in [-0.39, 0.29) is 5.56 Å². The van der Waals surface area contributed by atoms with Crippen molar-refractivity contribution >= 4 is 39.3 Å². The highest BCUT2D eigenvalue weighted by Gasteiger charge is 2.17. The van der Waals surface area contributed by atoms with Crippen molar-refractivity contribution in [1.82, 2.24) is 44.1 Å². The van der Waals surface area contributed by atoms with E-state index in [1.807, 2.05) is 36.1 Å². The number of imidazole rings is 1. The number of aryl methyl sites for hydroxylation is 4. The van der Waals surface area contributed by atoms with Gasteiger partial charge in [0.05, 0.1) is 17.8 Å². The van der Waals surface area contributed by atoms with Crippen LogP contribution >= 0.6 is 0 Å². The summed E-state index contributed by atoms with van der Waals surface area (Å²) in [5.74, 6) is 2.74. The van der Waals surface area contributed by atoms with Crippen LogP contribution in [0.25, 0.3) is 33.1 Å². The van der Waals surface area contributed by atoms with E-state index in [4.69, 9.17) is 10.8 Å². The number of nitrogens with two attached hydrogens (primary N) is 1. The number of hydrogen-bond donors (Lipinski definition) is 3. The Kier molecular flexibility index (Phi) is 4.46. The average Bonchev–Trinajstić information content (AvgIpc) is 3.54. The van der Waals surface area contributed by atoms with Crippen LogP contribution in [0.4, 0.5) is 17.5 Å². The molecule has 1 aliphatic heterocycles. The summed E-state index contributed by atoms with van der Waals surface area (Å²) in [6.07, 6.45) is 8.09. The maximum Gasteiger partial charge on any atom is 0.292 e. The molecule has 6 aromatic rings. The highest BCUT2D eigenvalue weighted by atomic mass is 16.1. The van der Waals surface area contributed by atoms with E-state index in [2.05, 4.69) is 41.0 Å². The molecule has 12 nitrogen and oxygen atoms in total. The first kappa shape index (κ1) is 21.3. The molecule has 0 amide bonds. The largest absolute Gasteiger partial charge is 0.383 e. The Balaban J connectivity index is 1.24. The topological polar surface area (TPSA) is 150 Å². The van der Waals surface area contributed by atoms with Gasteiger partial charge in [0.25, 0.3) is 5.56 Å². The summed E-state index contributed by atoms with van der Waals surface area (Å²) in [6.45, 7) is 3.44. The first-order valence-electron chi connectivity index (χ1n) is 11.9. The normalized spacial score (nSPS) is 13.0. The van der Waals surface area contributed by atoms with Crippen molar-refractivity contribution < 1.29 is 0 Å². The number of aromatic amines is 1. The van der Waals surface area contributed by atoms with E-state index in [0.29, 0.717) is 34.9 Å². The Labute approximate surface area is 209 Å². The summed E-state index contributed by atoms with van der Waals surface area (Å²) in [4.78, 5) is 30.2. The molecule has 7 rings (SSSR count). The van der Waals surface area contributed by atoms with Crippen LogP contribution in [0.15, 0.2) is 47.8 Å². The van der Waals surface area contributed by atoms with Gasteiger partial charge in [-0.2, -0.15) is 5.10 Å². The second kappa shape index (κ2) is 7.75. The molecule has 0 fully saturated rings. The molecule has 7 heterocycles. The Bertz CT molecular complexity index is 1910. The van der Waals surface area contributed by atoms with Gasteiger partial charge >= 0.3 is 0 Å². The van der Waals surface area contributed by atoms with Crippen molar-refractivity contribution in [1.29, 1.82) is 0 Å². The molecule has 37 heavy (non-hydrogen) atoms. The third kappa shape index (κ3) is 3.37. The lowest BCUT2D eigenvalue weighted by Gasteiger charge is -2.10. The summed E-state index contributed by atoms with van der Waals surface area (Å²) in [5.41, 5.74) is 10.7. The van der Waals surface area contributed by atoms with E-state index in [1.54, 1.807) is 19.4 Å². The molecule has 184 valence electrons. The zero-order chi connectivity index (χ0) is 25.3. The van der Waals surface area contributed by atoms with Crippen LogP contribution in [0.1, 0.15) is 17.1 Å². The van der Waals surface area contributed by atoms with E-state index in [1.165, 1.54) is 4.68 Å². The quantitative estimate of drug-likeness (QED) is 0.340. The molecule has 0 spiro atoms. The Morgan fingerprint density at radius 1 is 1.11 bits per heavy atom. The van der Waals surface area contributed by atoms with Crippen molar-refractivity contribution in [3.05, 3.63) is 70.4 Å². The van der Waals surface area contributed by atoms with Gasteiger partial charge in [0.1, 0.15) is 17.5 Å². The van der Waals surface area contributed by atoms with Crippen molar-refractivity contribution in [2.45, 2.75) is 26.4 Å². The van der Waals surface area contributed by atoms with Crippen LogP contribution in [-0.4, -0.2) is 44.1 Å². The number of hydrogen-bond acceptors (Lipinski definition) is 8. The fraction of sp³-hybridized carbons (Fsp3) is 0.200. The Morgan fingerprint density at radius 2 is 2.00 bits per heavy atom. The molecular formula is C25H23N11O. The first-order chi connectivity index (χ1) is 17.9. The molecular weight excluding hydrogens is 470 g/mol. The van der Waals surface area contributed by atoms with Crippen LogP contribution in [0, 0.1) is 6.92 Å². The molecule has 0 saturated carbocycles. The van der Waals surface area contributed by atoms with Gasteiger partial charge in [-0.25, -0.2) is 19.9 Å². The lowest BCUT2D eigenvalue weighted by molar-refractivity contribution is 0.641. The predicted octanol–water partition coefficient (Wildman–Crippen LogP) is 2.50. The third-order valence-electron chi connectivity index (χ3n) is 6.97. The van der Waals surface area contributed by atoms with Crippen LogP contribution in [0.2, 0.25) is 0 Å². The highest BCUT2D eigenvalue weighted by Crippen LogP contribution is 2.31. The second-order valence-electron chi connectivity index (χ2n) is 9.27. The standard InChI is InChI=1S/C25H23N11O/c1-13-16(10-29-23-22(13)33-34(2)25(23)37)18-7-14-8-19(28-11-17(14)24(26)30-18)31-20-9-15-3-5-35-6-4-27-21(35)12-36(15)32-20/h4,6-11,33H,3,5,12H2,1-2H3,(H2,26,30)(H,28,31,32). The van der Waals surface area contributed by atoms with E-state index >= 15 is 0 Å². The van der Waals surface area contributed by atoms with Gasteiger partial charge in [-0.3, -0.25) is 19.3 Å². The molecule has 0 radical (unpaired) electrons. The Hall–Kier alpha value is -5.00. The van der Waals surface area contributed by atoms with Crippen LogP contribution in [0.5, 0.6) is 0 Å². The molecule has 0 saturated heterocycles. The molecule has 1 aliphatic rings. The number of pyridine rings is 3. The Morgan fingerprint density at radius 3 is 2.89 bits per heavy atom. The molecule has 0 bridgehead atoms. The number of H-pyrrole nitrogens is 1. The minimum absolute atomic E-state index is 0.167. The van der Waals surface area contributed by atoms with Crippen LogP contribution < -0.4 is 16.6 Å². The lowest BCUT2D eigenvalue weighted by atomic mass is 10.0. The van der Waals surface area contributed by atoms with Gasteiger partial charge in [-0.05, 0) is 30.0 Å². The van der Waals surface area contributed by atoms with Crippen molar-refractivity contribution in [3.63, 3.8) is 0 Å². The summed E-state index contributed by atoms with van der Waals surface area (Å²) < 4.78 is 5.56. The summed E-state index contributed by atoms with van der Waals surface area (Å²) >= 11 is 0. The molecule has 4 N–H and O–H groups in total. The maximum atomic E-state index is 12.3. The molecule has 0 aromatic carbocycles. The number of aromatic nitrogens is 9. The van der Waals surface area contributed by atoms with Gasteiger partial charge in [-0.15, -0.1) is 0 Å². The lowest BCUT2D eigenvalue weighted by Crippen LogP contribution is -2.11. The predicted molar refractivity (Wildman–Crippen MR) is 140 cm³/mol. The van der Waals surface area contributed by atoms with E-state index in [9.17, 15) is 4.79 Å². The van der Waals surface area contributed by atoms with Gasteiger partial charge in [0, 0.05) is 67.5 Å². The fourth-order valence-electron chi connectivity index (χ4n) is 4.97. The van der Waals surface area contributed by atoms with Crippen LogP contribution in [0.3, 0.4) is 0 Å². The summed E-state index contributed by atoms with van der Waals surface area (Å²) in [7, 11) is 1.67. The molecule has 0 aliphatic carbocycles. The van der Waals surface area contributed by atoms with Gasteiger partial charge in [0.15, 0.2) is 11.3 Å². The van der Waals surface area contributed by atoms with Crippen molar-refractivity contribution in [3.8, 4) is 11.3 Å². The number of nitrogen functional groups attached to an aromatic ring is 1. The van der Waals surface area contributed by atoms with Crippen molar-refractivity contribution in [2.75, 3.05) is 11.1 Å². The van der Waals surface area contributed by atoms with Crippen molar-refractivity contribution in [2.24, 2.45) is 7.05 Å². The number of nitrogens with one attached hydrogen (secondary N) is 2. The zero-order valence-electron chi connectivity index (χ0n) is 20.2. The van der Waals surface area contributed by atoms with Crippen LogP contribution in [-0.2, 0) is 26.6 Å². The van der Waals surface area contributed by atoms with E-state index < -0.39 is 0 Å². The molecule has 0 unspecified atom stereocenters. The number of nitrogens with zero attached hydrogens (tertiary/aromatic N) is 8. The maximum absolute atomic E-state index is 12.3. The second-order valence-corrected chi connectivity index (χ2v) is 9.27. The van der Waals surface area contributed by atoms with Gasteiger partial charge in [0.2, 0.25) is 0 Å². The SMILES string of the molecule is Cc1c(-c2cc3cc(Nc4cc5n(n4)Cc4nccn4CC5)ncc3c(N)n2)cnc2c(=O)n(C)[nH]c12. The van der Waals surface area contributed by atoms with Gasteiger partial charge < -0.3 is 15.6 Å². The fourth-order valence-corrected chi connectivity index (χ4v) is 4.97. The third-order valence-corrected chi connectivity index (χ3v) is 6.97. The molecule has 0 atom stereocenters. The molecule has 12 heteroatoms. The number of rotatable bonds is 3. The summed E-state index contributed by atoms with van der Waals surface area (Å²) in [6, 6.07) is 5.94. The van der Waals surface area contributed by atoms with E-state index in [0.717, 1.165) is 52.2 Å². The smallest absolute Gasteiger partial charge is 0.292 e. The monoisotopic (exact) mass is 493 g/mol.